The Hall–Kier alpha value is -1.93. The Bertz CT molecular complexity index is 621. The van der Waals surface area contributed by atoms with Gasteiger partial charge in [-0.2, -0.15) is 14.0 Å². The first-order valence-corrected chi connectivity index (χ1v) is 5.88. The molecule has 0 fully saturated rings. The highest BCUT2D eigenvalue weighted by Crippen LogP contribution is 2.26. The van der Waals surface area contributed by atoms with Gasteiger partial charge in [-0.25, -0.2) is 4.98 Å². The molecule has 1 aromatic heterocycles. The van der Waals surface area contributed by atoms with Crippen LogP contribution in [0, 0.1) is 11.3 Å². The van der Waals surface area contributed by atoms with Crippen molar-refractivity contribution >= 4 is 11.6 Å². The largest absolute Gasteiger partial charge is 0.324 e. The molecule has 0 saturated heterocycles. The molecule has 98 valence electrons. The van der Waals surface area contributed by atoms with Crippen LogP contribution in [0.4, 0.5) is 8.78 Å². The van der Waals surface area contributed by atoms with Gasteiger partial charge in [0, 0.05) is 24.7 Å². The Morgan fingerprint density at radius 1 is 1.37 bits per heavy atom. The molecule has 2 rings (SSSR count). The summed E-state index contributed by atoms with van der Waals surface area (Å²) in [5.74, 6) is -3.51. The summed E-state index contributed by atoms with van der Waals surface area (Å²) >= 11 is 5.76. The van der Waals surface area contributed by atoms with Gasteiger partial charge in [0.05, 0.1) is 0 Å². The monoisotopic (exact) mass is 281 g/mol. The molecular weight excluding hydrogens is 272 g/mol. The predicted molar refractivity (Wildman–Crippen MR) is 67.1 cm³/mol. The Morgan fingerprint density at radius 2 is 2.00 bits per heavy atom. The third kappa shape index (κ3) is 3.09. The molecule has 0 bridgehead atoms. The minimum atomic E-state index is -3.10. The molecule has 0 amide bonds. The third-order valence-corrected chi connectivity index (χ3v) is 2.80. The fourth-order valence-electron chi connectivity index (χ4n) is 1.73. The van der Waals surface area contributed by atoms with Gasteiger partial charge in [0.2, 0.25) is 0 Å². The van der Waals surface area contributed by atoms with E-state index in [1.807, 2.05) is 0 Å². The van der Waals surface area contributed by atoms with Gasteiger partial charge in [0.1, 0.15) is 6.07 Å². The Labute approximate surface area is 114 Å². The van der Waals surface area contributed by atoms with Crippen molar-refractivity contribution in [1.82, 2.24) is 9.55 Å². The number of nitrogens with zero attached hydrogens (tertiary/aromatic N) is 3. The SMILES string of the molecule is CC(F)(F)c1nc(C#N)cn1Cc1ccc(Cl)cc1. The van der Waals surface area contributed by atoms with E-state index in [-0.39, 0.29) is 12.2 Å². The second-order valence-corrected chi connectivity index (χ2v) is 4.64. The summed E-state index contributed by atoms with van der Waals surface area (Å²) in [5.41, 5.74) is 0.780. The van der Waals surface area contributed by atoms with Gasteiger partial charge in [-0.05, 0) is 17.7 Å². The molecule has 0 saturated carbocycles. The lowest BCUT2D eigenvalue weighted by atomic mass is 10.2. The topological polar surface area (TPSA) is 41.6 Å². The van der Waals surface area contributed by atoms with Crippen LogP contribution in [0.2, 0.25) is 5.02 Å². The van der Waals surface area contributed by atoms with Crippen LogP contribution in [0.3, 0.4) is 0 Å². The minimum Gasteiger partial charge on any atom is -0.324 e. The highest BCUT2D eigenvalue weighted by molar-refractivity contribution is 6.30. The van der Waals surface area contributed by atoms with Gasteiger partial charge in [-0.1, -0.05) is 23.7 Å². The van der Waals surface area contributed by atoms with E-state index >= 15 is 0 Å². The maximum absolute atomic E-state index is 13.4. The number of rotatable bonds is 3. The number of nitriles is 1. The standard InChI is InChI=1S/C13H10ClF2N3/c1-13(15,16)12-18-11(6-17)8-19(12)7-9-2-4-10(14)5-3-9/h2-5,8H,7H2,1H3. The molecule has 0 aliphatic carbocycles. The lowest BCUT2D eigenvalue weighted by molar-refractivity contribution is 0.00445. The number of alkyl halides is 2. The molecule has 1 aromatic carbocycles. The summed E-state index contributed by atoms with van der Waals surface area (Å²) in [7, 11) is 0. The molecule has 1 heterocycles. The summed E-state index contributed by atoms with van der Waals surface area (Å²) in [5, 5.41) is 9.33. The predicted octanol–water partition coefficient (Wildman–Crippen LogP) is 3.57. The van der Waals surface area contributed by atoms with Crippen molar-refractivity contribution in [2.24, 2.45) is 0 Å². The molecule has 0 spiro atoms. The molecule has 0 N–H and O–H groups in total. The molecule has 6 heteroatoms. The second-order valence-electron chi connectivity index (χ2n) is 4.20. The highest BCUT2D eigenvalue weighted by atomic mass is 35.5. The van der Waals surface area contributed by atoms with Crippen LogP contribution >= 0.6 is 11.6 Å². The van der Waals surface area contributed by atoms with Crippen LogP contribution < -0.4 is 0 Å². The Morgan fingerprint density at radius 3 is 2.53 bits per heavy atom. The first-order chi connectivity index (χ1) is 8.90. The van der Waals surface area contributed by atoms with Gasteiger partial charge < -0.3 is 4.57 Å². The van der Waals surface area contributed by atoms with E-state index in [0.717, 1.165) is 12.5 Å². The van der Waals surface area contributed by atoms with E-state index in [1.165, 1.54) is 10.8 Å². The maximum atomic E-state index is 13.4. The molecule has 0 radical (unpaired) electrons. The fourth-order valence-corrected chi connectivity index (χ4v) is 1.85. The van der Waals surface area contributed by atoms with Crippen LogP contribution in [0.1, 0.15) is 24.0 Å². The van der Waals surface area contributed by atoms with Crippen molar-refractivity contribution in [2.45, 2.75) is 19.4 Å². The Balaban J connectivity index is 2.37. The van der Waals surface area contributed by atoms with Gasteiger partial charge in [-0.15, -0.1) is 0 Å². The summed E-state index contributed by atoms with van der Waals surface area (Å²) < 4.78 is 28.1. The van der Waals surface area contributed by atoms with Gasteiger partial charge in [0.25, 0.3) is 0 Å². The van der Waals surface area contributed by atoms with E-state index in [1.54, 1.807) is 30.3 Å². The van der Waals surface area contributed by atoms with E-state index in [9.17, 15) is 8.78 Å². The quantitative estimate of drug-likeness (QED) is 0.863. The number of benzene rings is 1. The summed E-state index contributed by atoms with van der Waals surface area (Å²) in [4.78, 5) is 3.64. The van der Waals surface area contributed by atoms with E-state index in [0.29, 0.717) is 5.02 Å². The zero-order valence-corrected chi connectivity index (χ0v) is 10.8. The van der Waals surface area contributed by atoms with Crippen molar-refractivity contribution in [1.29, 1.82) is 5.26 Å². The van der Waals surface area contributed by atoms with Gasteiger partial charge in [0.15, 0.2) is 11.5 Å². The number of hydrogen-bond acceptors (Lipinski definition) is 2. The third-order valence-electron chi connectivity index (χ3n) is 2.55. The van der Waals surface area contributed by atoms with Gasteiger partial charge in [-0.3, -0.25) is 0 Å². The van der Waals surface area contributed by atoms with Crippen molar-refractivity contribution < 1.29 is 8.78 Å². The number of hydrogen-bond donors (Lipinski definition) is 0. The zero-order valence-electron chi connectivity index (χ0n) is 10.1. The zero-order chi connectivity index (χ0) is 14.0. The highest BCUT2D eigenvalue weighted by Gasteiger charge is 2.31. The lowest BCUT2D eigenvalue weighted by Gasteiger charge is -2.12. The van der Waals surface area contributed by atoms with Crippen LogP contribution in [0.5, 0.6) is 0 Å². The minimum absolute atomic E-state index is 0.0227. The van der Waals surface area contributed by atoms with Crippen LogP contribution in [0.25, 0.3) is 0 Å². The first-order valence-electron chi connectivity index (χ1n) is 5.50. The van der Waals surface area contributed by atoms with Crippen molar-refractivity contribution in [2.75, 3.05) is 0 Å². The van der Waals surface area contributed by atoms with Gasteiger partial charge >= 0.3 is 5.92 Å². The lowest BCUT2D eigenvalue weighted by Crippen LogP contribution is -2.16. The van der Waals surface area contributed by atoms with Crippen molar-refractivity contribution in [3.63, 3.8) is 0 Å². The molecule has 19 heavy (non-hydrogen) atoms. The van der Waals surface area contributed by atoms with E-state index in [4.69, 9.17) is 16.9 Å². The molecule has 0 aliphatic rings. The summed E-state index contributed by atoms with van der Waals surface area (Å²) in [6.45, 7) is 0.972. The maximum Gasteiger partial charge on any atom is 0.302 e. The van der Waals surface area contributed by atoms with Crippen LogP contribution in [-0.4, -0.2) is 9.55 Å². The molecule has 0 aliphatic heterocycles. The van der Waals surface area contributed by atoms with Crippen LogP contribution in [-0.2, 0) is 12.5 Å². The smallest absolute Gasteiger partial charge is 0.302 e. The summed E-state index contributed by atoms with van der Waals surface area (Å²) in [6, 6.07) is 8.62. The van der Waals surface area contributed by atoms with Crippen molar-refractivity contribution in [3.05, 3.63) is 52.6 Å². The second kappa shape index (κ2) is 4.98. The molecule has 0 atom stereocenters. The van der Waals surface area contributed by atoms with Crippen molar-refractivity contribution in [3.8, 4) is 6.07 Å². The normalized spacial score (nSPS) is 11.3. The van der Waals surface area contributed by atoms with E-state index < -0.39 is 11.7 Å². The number of imidazole rings is 1. The summed E-state index contributed by atoms with van der Waals surface area (Å²) in [6.07, 6.45) is 1.32. The first kappa shape index (κ1) is 13.5. The molecule has 3 nitrogen and oxygen atoms in total. The average molecular weight is 282 g/mol. The number of aromatic nitrogens is 2. The molecule has 2 aromatic rings. The fraction of sp³-hybridized carbons (Fsp3) is 0.231. The van der Waals surface area contributed by atoms with E-state index in [2.05, 4.69) is 4.98 Å². The number of halogens is 3. The molecule has 0 unspecified atom stereocenters. The average Bonchev–Trinajstić information content (AvgIpc) is 2.75. The van der Waals surface area contributed by atoms with Crippen LogP contribution in [0.15, 0.2) is 30.5 Å². The Kier molecular flexibility index (Phi) is 3.54. The molecular formula is C13H10ClF2N3.